The molecule has 2 aromatic rings. The molecule has 0 radical (unpaired) electrons. The van der Waals surface area contributed by atoms with Crippen molar-refractivity contribution in [3.63, 3.8) is 0 Å². The van der Waals surface area contributed by atoms with Crippen LogP contribution in [0.3, 0.4) is 0 Å². The minimum absolute atomic E-state index is 0.890. The predicted molar refractivity (Wildman–Crippen MR) is 94.4 cm³/mol. The molecule has 1 aliphatic heterocycles. The highest BCUT2D eigenvalue weighted by Gasteiger charge is 2.23. The third-order valence-electron chi connectivity index (χ3n) is 4.64. The van der Waals surface area contributed by atoms with E-state index in [0.717, 1.165) is 37.7 Å². The molecule has 2 aromatic heterocycles. The predicted octanol–water partition coefficient (Wildman–Crippen LogP) is 2.81. The second kappa shape index (κ2) is 7.13. The Morgan fingerprint density at radius 2 is 1.87 bits per heavy atom. The molecule has 5 heteroatoms. The third-order valence-corrected chi connectivity index (χ3v) is 4.64. The van der Waals surface area contributed by atoms with Crippen LogP contribution in [-0.4, -0.2) is 52.4 Å². The van der Waals surface area contributed by atoms with Crippen LogP contribution in [0.1, 0.15) is 31.2 Å². The molecule has 0 bridgehead atoms. The molecular formula is C18H27N5. The van der Waals surface area contributed by atoms with Gasteiger partial charge in [0, 0.05) is 32.4 Å². The summed E-state index contributed by atoms with van der Waals surface area (Å²) in [6, 6.07) is 5.95. The van der Waals surface area contributed by atoms with Gasteiger partial charge in [-0.2, -0.15) is 5.10 Å². The summed E-state index contributed by atoms with van der Waals surface area (Å²) in [5.41, 5.74) is 3.56. The van der Waals surface area contributed by atoms with Crippen molar-refractivity contribution in [2.75, 3.05) is 37.6 Å². The maximum absolute atomic E-state index is 4.72. The Morgan fingerprint density at radius 3 is 2.52 bits per heavy atom. The van der Waals surface area contributed by atoms with E-state index in [1.807, 2.05) is 29.1 Å². The quantitative estimate of drug-likeness (QED) is 0.850. The number of unbranched alkanes of at least 4 members (excludes halogenated alkanes) is 1. The lowest BCUT2D eigenvalue weighted by atomic mass is 10.2. The van der Waals surface area contributed by atoms with E-state index in [0.29, 0.717) is 0 Å². The number of pyridine rings is 1. The fourth-order valence-corrected chi connectivity index (χ4v) is 3.37. The Morgan fingerprint density at radius 1 is 1.09 bits per heavy atom. The number of nitrogens with zero attached hydrogens (tertiary/aromatic N) is 5. The molecule has 124 valence electrons. The molecule has 3 rings (SSSR count). The summed E-state index contributed by atoms with van der Waals surface area (Å²) in [5.74, 6) is 0.890. The Hall–Kier alpha value is -1.88. The Kier molecular flexibility index (Phi) is 4.96. The fourth-order valence-electron chi connectivity index (χ4n) is 3.37. The largest absolute Gasteiger partial charge is 0.366 e. The van der Waals surface area contributed by atoms with Crippen molar-refractivity contribution < 1.29 is 0 Å². The summed E-state index contributed by atoms with van der Waals surface area (Å²) in [6.45, 7) is 12.2. The zero-order valence-electron chi connectivity index (χ0n) is 14.5. The molecule has 0 amide bonds. The van der Waals surface area contributed by atoms with Crippen LogP contribution in [0, 0.1) is 13.8 Å². The zero-order valence-corrected chi connectivity index (χ0v) is 14.5. The van der Waals surface area contributed by atoms with E-state index < -0.39 is 0 Å². The first-order valence-corrected chi connectivity index (χ1v) is 8.65. The Labute approximate surface area is 138 Å². The van der Waals surface area contributed by atoms with Gasteiger partial charge in [0.15, 0.2) is 5.82 Å². The summed E-state index contributed by atoms with van der Waals surface area (Å²) < 4.78 is 1.97. The van der Waals surface area contributed by atoms with E-state index in [1.165, 1.54) is 30.8 Å². The van der Waals surface area contributed by atoms with Gasteiger partial charge >= 0.3 is 0 Å². The molecule has 0 spiro atoms. The van der Waals surface area contributed by atoms with Crippen LogP contribution < -0.4 is 4.90 Å². The molecule has 1 fully saturated rings. The smallest absolute Gasteiger partial charge is 0.153 e. The van der Waals surface area contributed by atoms with Gasteiger partial charge in [-0.15, -0.1) is 0 Å². The van der Waals surface area contributed by atoms with E-state index in [9.17, 15) is 0 Å². The molecule has 0 aromatic carbocycles. The molecule has 1 aliphatic rings. The topological polar surface area (TPSA) is 37.2 Å². The molecule has 1 saturated heterocycles. The van der Waals surface area contributed by atoms with E-state index in [4.69, 9.17) is 5.10 Å². The number of hydrogen-bond acceptors (Lipinski definition) is 4. The van der Waals surface area contributed by atoms with Crippen molar-refractivity contribution in [2.24, 2.45) is 0 Å². The normalized spacial score (nSPS) is 16.0. The molecule has 0 saturated carbocycles. The molecule has 0 N–H and O–H groups in total. The van der Waals surface area contributed by atoms with Crippen molar-refractivity contribution in [3.05, 3.63) is 35.8 Å². The van der Waals surface area contributed by atoms with Gasteiger partial charge in [-0.05, 0) is 38.9 Å². The average Bonchev–Trinajstić information content (AvgIpc) is 2.89. The van der Waals surface area contributed by atoms with Crippen molar-refractivity contribution >= 4 is 5.69 Å². The summed E-state index contributed by atoms with van der Waals surface area (Å²) in [6.07, 6.45) is 4.39. The SMILES string of the molecule is CCCCN1CCN(c2c(C)nn(-c3ccccn3)c2C)CC1. The van der Waals surface area contributed by atoms with Crippen LogP contribution in [0.5, 0.6) is 0 Å². The molecule has 3 heterocycles. The first kappa shape index (κ1) is 16.0. The van der Waals surface area contributed by atoms with Crippen molar-refractivity contribution in [1.82, 2.24) is 19.7 Å². The molecule has 5 nitrogen and oxygen atoms in total. The van der Waals surface area contributed by atoms with Crippen LogP contribution in [0.2, 0.25) is 0 Å². The van der Waals surface area contributed by atoms with Gasteiger partial charge in [0.25, 0.3) is 0 Å². The maximum Gasteiger partial charge on any atom is 0.153 e. The van der Waals surface area contributed by atoms with Gasteiger partial charge in [-0.25, -0.2) is 9.67 Å². The van der Waals surface area contributed by atoms with Crippen molar-refractivity contribution in [1.29, 1.82) is 0 Å². The van der Waals surface area contributed by atoms with Gasteiger partial charge in [0.1, 0.15) is 0 Å². The molecule has 0 aliphatic carbocycles. The van der Waals surface area contributed by atoms with Gasteiger partial charge in [0.2, 0.25) is 0 Å². The number of piperazine rings is 1. The van der Waals surface area contributed by atoms with Crippen molar-refractivity contribution in [2.45, 2.75) is 33.6 Å². The number of aryl methyl sites for hydroxylation is 1. The van der Waals surface area contributed by atoms with Gasteiger partial charge in [-0.1, -0.05) is 19.4 Å². The average molecular weight is 313 g/mol. The van der Waals surface area contributed by atoms with E-state index in [2.05, 4.69) is 35.6 Å². The van der Waals surface area contributed by atoms with E-state index in [1.54, 1.807) is 0 Å². The summed E-state index contributed by atoms with van der Waals surface area (Å²) >= 11 is 0. The number of aromatic nitrogens is 3. The highest BCUT2D eigenvalue weighted by atomic mass is 15.4. The minimum atomic E-state index is 0.890. The maximum atomic E-state index is 4.72. The lowest BCUT2D eigenvalue weighted by molar-refractivity contribution is 0.254. The molecule has 0 atom stereocenters. The molecular weight excluding hydrogens is 286 g/mol. The highest BCUT2D eigenvalue weighted by Crippen LogP contribution is 2.27. The Balaban J connectivity index is 1.76. The number of rotatable bonds is 5. The highest BCUT2D eigenvalue weighted by molar-refractivity contribution is 5.56. The summed E-state index contributed by atoms with van der Waals surface area (Å²) in [4.78, 5) is 9.49. The van der Waals surface area contributed by atoms with Crippen LogP contribution in [0.15, 0.2) is 24.4 Å². The number of anilines is 1. The third kappa shape index (κ3) is 3.39. The second-order valence-corrected chi connectivity index (χ2v) is 6.30. The fraction of sp³-hybridized carbons (Fsp3) is 0.556. The standard InChI is InChI=1S/C18H27N5/c1-4-5-10-21-11-13-22(14-12-21)18-15(2)20-23(16(18)3)17-8-6-7-9-19-17/h6-9H,4-5,10-14H2,1-3H3. The van der Waals surface area contributed by atoms with Crippen LogP contribution in [0.25, 0.3) is 5.82 Å². The van der Waals surface area contributed by atoms with Crippen LogP contribution in [-0.2, 0) is 0 Å². The first-order chi connectivity index (χ1) is 11.2. The summed E-state index contributed by atoms with van der Waals surface area (Å²) in [5, 5.41) is 4.72. The second-order valence-electron chi connectivity index (χ2n) is 6.30. The molecule has 0 unspecified atom stereocenters. The lowest BCUT2D eigenvalue weighted by Gasteiger charge is -2.36. The monoisotopic (exact) mass is 313 g/mol. The van der Waals surface area contributed by atoms with Crippen LogP contribution >= 0.6 is 0 Å². The van der Waals surface area contributed by atoms with Crippen molar-refractivity contribution in [3.8, 4) is 5.82 Å². The zero-order chi connectivity index (χ0) is 16.2. The van der Waals surface area contributed by atoms with Gasteiger partial charge in [0.05, 0.1) is 17.1 Å². The van der Waals surface area contributed by atoms with Gasteiger partial charge in [-0.3, -0.25) is 4.90 Å². The van der Waals surface area contributed by atoms with E-state index in [-0.39, 0.29) is 0 Å². The van der Waals surface area contributed by atoms with Gasteiger partial charge < -0.3 is 4.90 Å². The summed E-state index contributed by atoms with van der Waals surface area (Å²) in [7, 11) is 0. The minimum Gasteiger partial charge on any atom is -0.366 e. The number of hydrogen-bond donors (Lipinski definition) is 0. The molecule has 23 heavy (non-hydrogen) atoms. The Bertz CT molecular complexity index is 626. The lowest BCUT2D eigenvalue weighted by Crippen LogP contribution is -2.47. The van der Waals surface area contributed by atoms with Crippen LogP contribution in [0.4, 0.5) is 5.69 Å². The van der Waals surface area contributed by atoms with E-state index >= 15 is 0 Å². The first-order valence-electron chi connectivity index (χ1n) is 8.65.